The highest BCUT2D eigenvalue weighted by Gasteiger charge is 2.24. The molecule has 0 amide bonds. The van der Waals surface area contributed by atoms with E-state index in [1.807, 2.05) is 19.2 Å². The van der Waals surface area contributed by atoms with Crippen LogP contribution in [0.3, 0.4) is 0 Å². The molecule has 0 spiro atoms. The lowest BCUT2D eigenvalue weighted by molar-refractivity contribution is 0.339. The van der Waals surface area contributed by atoms with Gasteiger partial charge in [0.15, 0.2) is 0 Å². The number of rotatable bonds is 2. The van der Waals surface area contributed by atoms with Crippen molar-refractivity contribution in [1.82, 2.24) is 5.32 Å². The number of anilines is 1. The number of nitrogens with zero attached hydrogens (tertiary/aromatic N) is 1. The van der Waals surface area contributed by atoms with E-state index in [1.54, 1.807) is 0 Å². The van der Waals surface area contributed by atoms with Gasteiger partial charge in [0, 0.05) is 29.3 Å². The van der Waals surface area contributed by atoms with Gasteiger partial charge in [-0.25, -0.2) is 0 Å². The normalized spacial score (nSPS) is 25.1. The largest absolute Gasteiger partial charge is 0.371 e. The molecular weight excluding hydrogens is 300 g/mol. The lowest BCUT2D eigenvalue weighted by Crippen LogP contribution is -2.47. The lowest BCUT2D eigenvalue weighted by Gasteiger charge is -2.38. The zero-order valence-electron chi connectivity index (χ0n) is 10.2. The summed E-state index contributed by atoms with van der Waals surface area (Å²) in [4.78, 5) is 2.41. The minimum Gasteiger partial charge on any atom is -0.371 e. The van der Waals surface area contributed by atoms with Crippen molar-refractivity contribution in [3.8, 4) is 0 Å². The first-order valence-electron chi connectivity index (χ1n) is 5.99. The molecule has 0 bridgehead atoms. The molecule has 1 aromatic rings. The first-order valence-corrected chi connectivity index (χ1v) is 7.16. The van der Waals surface area contributed by atoms with E-state index in [2.05, 4.69) is 39.1 Å². The average Bonchev–Trinajstić information content (AvgIpc) is 2.32. The minimum absolute atomic E-state index is 0.636. The quantitative estimate of drug-likeness (QED) is 0.897. The van der Waals surface area contributed by atoms with Gasteiger partial charge in [-0.1, -0.05) is 18.5 Å². The fourth-order valence-electron chi connectivity index (χ4n) is 2.49. The first-order chi connectivity index (χ1) is 8.11. The number of piperidine rings is 1. The Morgan fingerprint density at radius 1 is 1.47 bits per heavy atom. The average molecular weight is 318 g/mol. The van der Waals surface area contributed by atoms with E-state index in [4.69, 9.17) is 11.6 Å². The summed E-state index contributed by atoms with van der Waals surface area (Å²) in [6.07, 6.45) is 1.19. The van der Waals surface area contributed by atoms with Crippen LogP contribution in [0, 0.1) is 5.92 Å². The van der Waals surface area contributed by atoms with Crippen LogP contribution in [0.5, 0.6) is 0 Å². The lowest BCUT2D eigenvalue weighted by atomic mass is 9.93. The van der Waals surface area contributed by atoms with Crippen LogP contribution < -0.4 is 10.2 Å². The van der Waals surface area contributed by atoms with Gasteiger partial charge < -0.3 is 10.2 Å². The zero-order chi connectivity index (χ0) is 12.4. The molecule has 2 unspecified atom stereocenters. The highest BCUT2D eigenvalue weighted by atomic mass is 79.9. The van der Waals surface area contributed by atoms with Crippen LogP contribution in [0.25, 0.3) is 0 Å². The number of hydrogen-bond donors (Lipinski definition) is 1. The highest BCUT2D eigenvalue weighted by molar-refractivity contribution is 9.10. The van der Waals surface area contributed by atoms with Gasteiger partial charge in [0.25, 0.3) is 0 Å². The van der Waals surface area contributed by atoms with Crippen LogP contribution in [0.1, 0.15) is 13.3 Å². The van der Waals surface area contributed by atoms with Crippen molar-refractivity contribution < 1.29 is 0 Å². The Bertz CT molecular complexity index is 397. The van der Waals surface area contributed by atoms with Crippen LogP contribution in [0.15, 0.2) is 22.7 Å². The maximum Gasteiger partial charge on any atom is 0.0568 e. The van der Waals surface area contributed by atoms with Crippen LogP contribution in [-0.4, -0.2) is 26.2 Å². The van der Waals surface area contributed by atoms with Gasteiger partial charge in [-0.2, -0.15) is 0 Å². The monoisotopic (exact) mass is 316 g/mol. The summed E-state index contributed by atoms with van der Waals surface area (Å²) in [6.45, 7) is 4.48. The van der Waals surface area contributed by atoms with Crippen LogP contribution in [0.4, 0.5) is 5.69 Å². The Kier molecular flexibility index (Phi) is 4.34. The van der Waals surface area contributed by atoms with Gasteiger partial charge in [-0.3, -0.25) is 0 Å². The third-order valence-electron chi connectivity index (χ3n) is 3.54. The molecule has 0 saturated carbocycles. The number of benzene rings is 1. The molecule has 1 saturated heterocycles. The van der Waals surface area contributed by atoms with E-state index in [-0.39, 0.29) is 0 Å². The van der Waals surface area contributed by atoms with Gasteiger partial charge in [0.2, 0.25) is 0 Å². The molecular formula is C13H18BrClN2. The van der Waals surface area contributed by atoms with Gasteiger partial charge in [-0.15, -0.1) is 0 Å². The van der Waals surface area contributed by atoms with Gasteiger partial charge in [0.1, 0.15) is 0 Å². The van der Waals surface area contributed by atoms with Gasteiger partial charge in [0.05, 0.1) is 5.02 Å². The Balaban J connectivity index is 2.11. The molecule has 0 aromatic heterocycles. The van der Waals surface area contributed by atoms with E-state index < -0.39 is 0 Å². The zero-order valence-corrected chi connectivity index (χ0v) is 12.6. The second-order valence-corrected chi connectivity index (χ2v) is 5.97. The highest BCUT2D eigenvalue weighted by Crippen LogP contribution is 2.30. The van der Waals surface area contributed by atoms with E-state index in [0.717, 1.165) is 22.6 Å². The molecule has 2 atom stereocenters. The topological polar surface area (TPSA) is 15.3 Å². The fourth-order valence-corrected chi connectivity index (χ4v) is 2.91. The summed E-state index contributed by atoms with van der Waals surface area (Å²) in [5.41, 5.74) is 1.22. The van der Waals surface area contributed by atoms with Crippen molar-refractivity contribution in [2.75, 3.05) is 25.0 Å². The maximum atomic E-state index is 6.14. The first kappa shape index (κ1) is 13.2. The van der Waals surface area contributed by atoms with Crippen molar-refractivity contribution >= 4 is 33.2 Å². The molecule has 0 radical (unpaired) electrons. The SMILES string of the molecule is CNC1CCN(c2ccc(Br)c(Cl)c2)CC1C. The van der Waals surface area contributed by atoms with Crippen molar-refractivity contribution in [3.05, 3.63) is 27.7 Å². The minimum atomic E-state index is 0.636. The molecule has 1 aliphatic heterocycles. The predicted octanol–water partition coefficient (Wildman–Crippen LogP) is 3.54. The fraction of sp³-hybridized carbons (Fsp3) is 0.538. The number of nitrogens with one attached hydrogen (secondary N) is 1. The maximum absolute atomic E-state index is 6.14. The second-order valence-electron chi connectivity index (χ2n) is 4.71. The standard InChI is InChI=1S/C13H18BrClN2/c1-9-8-17(6-5-13(9)16-2)10-3-4-11(14)12(15)7-10/h3-4,7,9,13,16H,5-6,8H2,1-2H3. The Morgan fingerprint density at radius 3 is 2.82 bits per heavy atom. The van der Waals surface area contributed by atoms with Crippen LogP contribution >= 0.6 is 27.5 Å². The van der Waals surface area contributed by atoms with Crippen molar-refractivity contribution in [2.45, 2.75) is 19.4 Å². The van der Waals surface area contributed by atoms with Crippen molar-refractivity contribution in [1.29, 1.82) is 0 Å². The summed E-state index contributed by atoms with van der Waals surface area (Å²) in [6, 6.07) is 6.82. The summed E-state index contributed by atoms with van der Waals surface area (Å²) in [7, 11) is 2.05. The van der Waals surface area contributed by atoms with E-state index in [9.17, 15) is 0 Å². The summed E-state index contributed by atoms with van der Waals surface area (Å²) in [5.74, 6) is 0.663. The third kappa shape index (κ3) is 2.95. The van der Waals surface area contributed by atoms with Crippen molar-refractivity contribution in [2.24, 2.45) is 5.92 Å². The number of halogens is 2. The Labute approximate surface area is 116 Å². The molecule has 1 N–H and O–H groups in total. The Hall–Kier alpha value is -0.250. The summed E-state index contributed by atoms with van der Waals surface area (Å²) >= 11 is 9.57. The van der Waals surface area contributed by atoms with E-state index in [1.165, 1.54) is 12.1 Å². The molecule has 94 valence electrons. The van der Waals surface area contributed by atoms with E-state index >= 15 is 0 Å². The van der Waals surface area contributed by atoms with Gasteiger partial charge >= 0.3 is 0 Å². The van der Waals surface area contributed by atoms with Crippen molar-refractivity contribution in [3.63, 3.8) is 0 Å². The molecule has 4 heteroatoms. The molecule has 1 fully saturated rings. The molecule has 1 aromatic carbocycles. The molecule has 0 aliphatic carbocycles. The van der Waals surface area contributed by atoms with Gasteiger partial charge in [-0.05, 0) is 53.5 Å². The summed E-state index contributed by atoms with van der Waals surface area (Å²) in [5, 5.41) is 4.17. The predicted molar refractivity (Wildman–Crippen MR) is 78.0 cm³/mol. The second kappa shape index (κ2) is 5.59. The molecule has 1 aliphatic rings. The van der Waals surface area contributed by atoms with E-state index in [0.29, 0.717) is 12.0 Å². The molecule has 1 heterocycles. The molecule has 2 nitrogen and oxygen atoms in total. The Morgan fingerprint density at radius 2 is 2.24 bits per heavy atom. The third-order valence-corrected chi connectivity index (χ3v) is 4.78. The smallest absolute Gasteiger partial charge is 0.0568 e. The van der Waals surface area contributed by atoms with Crippen LogP contribution in [-0.2, 0) is 0 Å². The number of hydrogen-bond acceptors (Lipinski definition) is 2. The van der Waals surface area contributed by atoms with Crippen LogP contribution in [0.2, 0.25) is 5.02 Å². The summed E-state index contributed by atoms with van der Waals surface area (Å²) < 4.78 is 0.959. The molecule has 17 heavy (non-hydrogen) atoms. The molecule has 2 rings (SSSR count).